The SMILES string of the molecule is COCCCNC(=O)[C@H](C)Oc1ccc(Cl)cc1C. The molecule has 0 radical (unpaired) electrons. The molecule has 1 rings (SSSR count). The number of rotatable bonds is 7. The third-order valence-corrected chi connectivity index (χ3v) is 2.87. The van der Waals surface area contributed by atoms with Gasteiger partial charge in [0, 0.05) is 25.3 Å². The minimum Gasteiger partial charge on any atom is -0.481 e. The molecule has 5 heteroatoms. The Balaban J connectivity index is 2.45. The highest BCUT2D eigenvalue weighted by molar-refractivity contribution is 6.30. The van der Waals surface area contributed by atoms with Gasteiger partial charge in [0.2, 0.25) is 0 Å². The van der Waals surface area contributed by atoms with Crippen molar-refractivity contribution in [2.75, 3.05) is 20.3 Å². The van der Waals surface area contributed by atoms with Crippen LogP contribution in [0, 0.1) is 6.92 Å². The first-order chi connectivity index (χ1) is 9.04. The second-order valence-electron chi connectivity index (χ2n) is 4.31. The Bertz CT molecular complexity index is 423. The largest absolute Gasteiger partial charge is 0.481 e. The lowest BCUT2D eigenvalue weighted by molar-refractivity contribution is -0.127. The first kappa shape index (κ1) is 15.8. The van der Waals surface area contributed by atoms with E-state index < -0.39 is 6.10 Å². The lowest BCUT2D eigenvalue weighted by Gasteiger charge is -2.16. The van der Waals surface area contributed by atoms with Gasteiger partial charge < -0.3 is 14.8 Å². The van der Waals surface area contributed by atoms with Crippen LogP contribution in [0.15, 0.2) is 18.2 Å². The molecule has 0 fully saturated rings. The van der Waals surface area contributed by atoms with Gasteiger partial charge in [0.1, 0.15) is 5.75 Å². The van der Waals surface area contributed by atoms with E-state index in [0.29, 0.717) is 23.9 Å². The minimum absolute atomic E-state index is 0.134. The molecule has 4 nitrogen and oxygen atoms in total. The molecule has 0 bridgehead atoms. The zero-order valence-electron chi connectivity index (χ0n) is 11.5. The van der Waals surface area contributed by atoms with Crippen LogP contribution in [-0.2, 0) is 9.53 Å². The van der Waals surface area contributed by atoms with Crippen molar-refractivity contribution in [3.63, 3.8) is 0 Å². The predicted octanol–water partition coefficient (Wildman–Crippen LogP) is 2.57. The molecular formula is C14H20ClNO3. The van der Waals surface area contributed by atoms with E-state index in [4.69, 9.17) is 21.1 Å². The number of nitrogens with one attached hydrogen (secondary N) is 1. The molecule has 1 aromatic rings. The van der Waals surface area contributed by atoms with E-state index in [0.717, 1.165) is 12.0 Å². The molecule has 0 spiro atoms. The smallest absolute Gasteiger partial charge is 0.260 e. The summed E-state index contributed by atoms with van der Waals surface area (Å²) in [6.45, 7) is 4.83. The van der Waals surface area contributed by atoms with E-state index in [1.54, 1.807) is 32.2 Å². The van der Waals surface area contributed by atoms with Crippen molar-refractivity contribution in [2.24, 2.45) is 0 Å². The summed E-state index contributed by atoms with van der Waals surface area (Å²) in [5, 5.41) is 3.45. The lowest BCUT2D eigenvalue weighted by atomic mass is 10.2. The molecular weight excluding hydrogens is 266 g/mol. The molecule has 1 aromatic carbocycles. The standard InChI is InChI=1S/C14H20ClNO3/c1-10-9-12(15)5-6-13(10)19-11(2)14(17)16-7-4-8-18-3/h5-6,9,11H,4,7-8H2,1-3H3,(H,16,17)/t11-/m0/s1. The Labute approximate surface area is 119 Å². The number of aryl methyl sites for hydroxylation is 1. The number of hydrogen-bond donors (Lipinski definition) is 1. The minimum atomic E-state index is -0.539. The van der Waals surface area contributed by atoms with Crippen LogP contribution in [0.5, 0.6) is 5.75 Å². The van der Waals surface area contributed by atoms with Gasteiger partial charge in [-0.25, -0.2) is 0 Å². The zero-order valence-corrected chi connectivity index (χ0v) is 12.3. The van der Waals surface area contributed by atoms with Gasteiger partial charge in [-0.1, -0.05) is 11.6 Å². The van der Waals surface area contributed by atoms with Crippen LogP contribution in [0.25, 0.3) is 0 Å². The maximum absolute atomic E-state index is 11.8. The van der Waals surface area contributed by atoms with Crippen molar-refractivity contribution < 1.29 is 14.3 Å². The highest BCUT2D eigenvalue weighted by atomic mass is 35.5. The molecule has 1 atom stereocenters. The first-order valence-electron chi connectivity index (χ1n) is 6.24. The number of benzene rings is 1. The number of halogens is 1. The lowest BCUT2D eigenvalue weighted by Crippen LogP contribution is -2.37. The molecule has 0 aromatic heterocycles. The molecule has 0 heterocycles. The Kier molecular flexibility index (Phi) is 6.67. The summed E-state index contributed by atoms with van der Waals surface area (Å²) in [5.74, 6) is 0.536. The van der Waals surface area contributed by atoms with Crippen LogP contribution < -0.4 is 10.1 Å². The topological polar surface area (TPSA) is 47.6 Å². The van der Waals surface area contributed by atoms with Gasteiger partial charge in [0.15, 0.2) is 6.10 Å². The second-order valence-corrected chi connectivity index (χ2v) is 4.74. The van der Waals surface area contributed by atoms with Crippen molar-refractivity contribution in [3.05, 3.63) is 28.8 Å². The summed E-state index contributed by atoms with van der Waals surface area (Å²) in [7, 11) is 1.64. The number of methoxy groups -OCH3 is 1. The summed E-state index contributed by atoms with van der Waals surface area (Å²) in [5.41, 5.74) is 0.909. The van der Waals surface area contributed by atoms with Crippen molar-refractivity contribution >= 4 is 17.5 Å². The van der Waals surface area contributed by atoms with Gasteiger partial charge in [0.05, 0.1) is 0 Å². The van der Waals surface area contributed by atoms with Crippen LogP contribution in [0.1, 0.15) is 18.9 Å². The van der Waals surface area contributed by atoms with E-state index in [9.17, 15) is 4.79 Å². The molecule has 0 saturated carbocycles. The molecule has 0 aliphatic rings. The zero-order chi connectivity index (χ0) is 14.3. The monoisotopic (exact) mass is 285 g/mol. The van der Waals surface area contributed by atoms with E-state index in [1.165, 1.54) is 0 Å². The van der Waals surface area contributed by atoms with E-state index in [1.807, 2.05) is 6.92 Å². The van der Waals surface area contributed by atoms with Crippen LogP contribution >= 0.6 is 11.6 Å². The van der Waals surface area contributed by atoms with E-state index in [2.05, 4.69) is 5.32 Å². The summed E-state index contributed by atoms with van der Waals surface area (Å²) >= 11 is 5.87. The number of hydrogen-bond acceptors (Lipinski definition) is 3. The number of ether oxygens (including phenoxy) is 2. The van der Waals surface area contributed by atoms with Crippen LogP contribution in [0.4, 0.5) is 0 Å². The number of amides is 1. The first-order valence-corrected chi connectivity index (χ1v) is 6.62. The molecule has 1 amide bonds. The molecule has 1 N–H and O–H groups in total. The van der Waals surface area contributed by atoms with E-state index >= 15 is 0 Å². The Morgan fingerprint density at radius 2 is 2.21 bits per heavy atom. The van der Waals surface area contributed by atoms with Gasteiger partial charge in [-0.05, 0) is 44.0 Å². The maximum atomic E-state index is 11.8. The molecule has 106 valence electrons. The third kappa shape index (κ3) is 5.49. The fourth-order valence-electron chi connectivity index (χ4n) is 1.56. The third-order valence-electron chi connectivity index (χ3n) is 2.63. The van der Waals surface area contributed by atoms with Gasteiger partial charge in [0.25, 0.3) is 5.91 Å². The van der Waals surface area contributed by atoms with Crippen molar-refractivity contribution in [1.29, 1.82) is 0 Å². The highest BCUT2D eigenvalue weighted by Gasteiger charge is 2.14. The number of carbonyl (C=O) groups is 1. The van der Waals surface area contributed by atoms with Crippen LogP contribution in [0.3, 0.4) is 0 Å². The maximum Gasteiger partial charge on any atom is 0.260 e. The average molecular weight is 286 g/mol. The van der Waals surface area contributed by atoms with Crippen LogP contribution in [-0.4, -0.2) is 32.3 Å². The highest BCUT2D eigenvalue weighted by Crippen LogP contribution is 2.22. The van der Waals surface area contributed by atoms with Crippen molar-refractivity contribution in [3.8, 4) is 5.75 Å². The molecule has 0 saturated heterocycles. The predicted molar refractivity (Wildman–Crippen MR) is 75.8 cm³/mol. The summed E-state index contributed by atoms with van der Waals surface area (Å²) < 4.78 is 10.5. The molecule has 0 aliphatic carbocycles. The quantitative estimate of drug-likeness (QED) is 0.783. The Hall–Kier alpha value is -1.26. The summed E-state index contributed by atoms with van der Waals surface area (Å²) in [4.78, 5) is 11.8. The fraction of sp³-hybridized carbons (Fsp3) is 0.500. The fourth-order valence-corrected chi connectivity index (χ4v) is 1.79. The van der Waals surface area contributed by atoms with Gasteiger partial charge in [-0.2, -0.15) is 0 Å². The number of carbonyl (C=O) groups excluding carboxylic acids is 1. The normalized spacial score (nSPS) is 12.0. The molecule has 19 heavy (non-hydrogen) atoms. The molecule has 0 aliphatic heterocycles. The van der Waals surface area contributed by atoms with E-state index in [-0.39, 0.29) is 5.91 Å². The Morgan fingerprint density at radius 3 is 2.84 bits per heavy atom. The summed E-state index contributed by atoms with van der Waals surface area (Å²) in [6.07, 6.45) is 0.247. The second kappa shape index (κ2) is 8.02. The molecule has 0 unspecified atom stereocenters. The average Bonchev–Trinajstić information content (AvgIpc) is 2.37. The van der Waals surface area contributed by atoms with Gasteiger partial charge >= 0.3 is 0 Å². The van der Waals surface area contributed by atoms with Crippen LogP contribution in [0.2, 0.25) is 5.02 Å². The van der Waals surface area contributed by atoms with Crippen molar-refractivity contribution in [2.45, 2.75) is 26.4 Å². The summed E-state index contributed by atoms with van der Waals surface area (Å²) in [6, 6.07) is 5.32. The van der Waals surface area contributed by atoms with Gasteiger partial charge in [-0.15, -0.1) is 0 Å². The Morgan fingerprint density at radius 1 is 1.47 bits per heavy atom. The van der Waals surface area contributed by atoms with Crippen molar-refractivity contribution in [1.82, 2.24) is 5.32 Å². The van der Waals surface area contributed by atoms with Gasteiger partial charge in [-0.3, -0.25) is 4.79 Å².